The minimum absolute atomic E-state index is 0.0413. The van der Waals surface area contributed by atoms with Crippen molar-refractivity contribution in [3.8, 4) is 11.9 Å². The van der Waals surface area contributed by atoms with Crippen molar-refractivity contribution < 1.29 is 14.3 Å². The van der Waals surface area contributed by atoms with Crippen molar-refractivity contribution in [2.24, 2.45) is 5.92 Å². The predicted octanol–water partition coefficient (Wildman–Crippen LogP) is 1.21. The molecule has 0 aliphatic carbocycles. The van der Waals surface area contributed by atoms with Crippen LogP contribution in [0.15, 0.2) is 6.20 Å². The van der Waals surface area contributed by atoms with Gasteiger partial charge in [-0.1, -0.05) is 0 Å². The molecule has 3 heterocycles. The van der Waals surface area contributed by atoms with Gasteiger partial charge in [-0.25, -0.2) is 4.98 Å². The minimum atomic E-state index is 0.0413. The highest BCUT2D eigenvalue weighted by atomic mass is 16.5. The smallest absolute Gasteiger partial charge is 0.319 e. The zero-order chi connectivity index (χ0) is 14.1. The number of rotatable bonds is 4. The second-order valence-corrected chi connectivity index (χ2v) is 5.45. The molecule has 1 aromatic heterocycles. The molecule has 2 aliphatic heterocycles. The van der Waals surface area contributed by atoms with Crippen molar-refractivity contribution >= 4 is 5.78 Å². The summed E-state index contributed by atoms with van der Waals surface area (Å²) in [6, 6.07) is 1.17. The van der Waals surface area contributed by atoms with Gasteiger partial charge in [-0.05, 0) is 25.7 Å². The van der Waals surface area contributed by atoms with Crippen molar-refractivity contribution in [2.45, 2.75) is 37.8 Å². The SMILES string of the molecule is COc1ncc(C(=O)C2CC3CCC(C2)N3)c(OC)n1. The van der Waals surface area contributed by atoms with Gasteiger partial charge in [0.1, 0.15) is 0 Å². The average molecular weight is 277 g/mol. The number of methoxy groups -OCH3 is 2. The van der Waals surface area contributed by atoms with Crippen LogP contribution in [0.5, 0.6) is 11.9 Å². The molecule has 2 bridgehead atoms. The highest BCUT2D eigenvalue weighted by Crippen LogP contribution is 2.34. The van der Waals surface area contributed by atoms with Crippen LogP contribution in [0.3, 0.4) is 0 Å². The molecule has 3 rings (SSSR count). The number of nitrogens with zero attached hydrogens (tertiary/aromatic N) is 2. The molecule has 6 nitrogen and oxygen atoms in total. The number of aromatic nitrogens is 2. The first-order chi connectivity index (χ1) is 9.71. The van der Waals surface area contributed by atoms with Gasteiger partial charge in [-0.15, -0.1) is 0 Å². The Morgan fingerprint density at radius 2 is 1.95 bits per heavy atom. The summed E-state index contributed by atoms with van der Waals surface area (Å²) in [6.45, 7) is 0. The number of ether oxygens (including phenoxy) is 2. The van der Waals surface area contributed by atoms with Crippen LogP contribution in [-0.2, 0) is 0 Å². The standard InChI is InChI=1S/C14H19N3O3/c1-19-13-11(7-15-14(17-13)20-2)12(18)8-5-9-3-4-10(6-8)16-9/h7-10,16H,3-6H2,1-2H3. The van der Waals surface area contributed by atoms with Gasteiger partial charge in [0.2, 0.25) is 5.88 Å². The number of fused-ring (bicyclic) bond motifs is 2. The highest BCUT2D eigenvalue weighted by molar-refractivity contribution is 5.99. The molecule has 108 valence electrons. The predicted molar refractivity (Wildman–Crippen MR) is 72.1 cm³/mol. The van der Waals surface area contributed by atoms with E-state index in [1.807, 2.05) is 0 Å². The van der Waals surface area contributed by atoms with Crippen LogP contribution in [0.4, 0.5) is 0 Å². The molecule has 20 heavy (non-hydrogen) atoms. The summed E-state index contributed by atoms with van der Waals surface area (Å²) in [5.74, 6) is 0.426. The molecule has 0 aromatic carbocycles. The molecular formula is C14H19N3O3. The lowest BCUT2D eigenvalue weighted by Crippen LogP contribution is -2.40. The summed E-state index contributed by atoms with van der Waals surface area (Å²) in [5, 5.41) is 3.54. The number of carbonyl (C=O) groups excluding carboxylic acids is 1. The highest BCUT2D eigenvalue weighted by Gasteiger charge is 2.37. The Labute approximate surface area is 117 Å². The first kappa shape index (κ1) is 13.3. The molecule has 2 aliphatic rings. The Hall–Kier alpha value is -1.69. The molecule has 2 fully saturated rings. The summed E-state index contributed by atoms with van der Waals surface area (Å²) < 4.78 is 10.2. The van der Waals surface area contributed by atoms with Crippen LogP contribution in [-0.4, -0.2) is 42.1 Å². The van der Waals surface area contributed by atoms with Gasteiger partial charge in [0.15, 0.2) is 5.78 Å². The fourth-order valence-electron chi connectivity index (χ4n) is 3.27. The van der Waals surface area contributed by atoms with Gasteiger partial charge in [0.05, 0.1) is 19.8 Å². The second kappa shape index (κ2) is 5.36. The van der Waals surface area contributed by atoms with E-state index in [9.17, 15) is 4.79 Å². The lowest BCUT2D eigenvalue weighted by atomic mass is 9.86. The number of ketones is 1. The summed E-state index contributed by atoms with van der Waals surface area (Å²) in [4.78, 5) is 20.8. The quantitative estimate of drug-likeness (QED) is 0.834. The molecule has 1 N–H and O–H groups in total. The summed E-state index contributed by atoms with van der Waals surface area (Å²) >= 11 is 0. The van der Waals surface area contributed by atoms with E-state index in [1.54, 1.807) is 0 Å². The molecule has 2 unspecified atom stereocenters. The van der Waals surface area contributed by atoms with Crippen LogP contribution >= 0.6 is 0 Å². The van der Waals surface area contributed by atoms with E-state index in [2.05, 4.69) is 15.3 Å². The van der Waals surface area contributed by atoms with Gasteiger partial charge in [-0.3, -0.25) is 4.79 Å². The van der Waals surface area contributed by atoms with Crippen molar-refractivity contribution in [2.75, 3.05) is 14.2 Å². The third-order valence-electron chi connectivity index (χ3n) is 4.22. The monoisotopic (exact) mass is 277 g/mol. The van der Waals surface area contributed by atoms with E-state index < -0.39 is 0 Å². The first-order valence-corrected chi connectivity index (χ1v) is 6.96. The minimum Gasteiger partial charge on any atom is -0.480 e. The summed E-state index contributed by atoms with van der Waals surface area (Å²) in [6.07, 6.45) is 5.64. The number of hydrogen-bond acceptors (Lipinski definition) is 6. The fraction of sp³-hybridized carbons (Fsp3) is 0.643. The zero-order valence-electron chi connectivity index (χ0n) is 11.8. The van der Waals surface area contributed by atoms with Gasteiger partial charge in [0.25, 0.3) is 0 Å². The molecule has 0 saturated carbocycles. The molecule has 0 spiro atoms. The number of carbonyl (C=O) groups is 1. The lowest BCUT2D eigenvalue weighted by molar-refractivity contribution is 0.0871. The van der Waals surface area contributed by atoms with Crippen molar-refractivity contribution in [3.63, 3.8) is 0 Å². The number of hydrogen-bond donors (Lipinski definition) is 1. The maximum Gasteiger partial charge on any atom is 0.319 e. The summed E-state index contributed by atoms with van der Waals surface area (Å²) in [7, 11) is 2.99. The van der Waals surface area contributed by atoms with Crippen LogP contribution in [0.1, 0.15) is 36.0 Å². The second-order valence-electron chi connectivity index (χ2n) is 5.45. The van der Waals surface area contributed by atoms with E-state index in [0.29, 0.717) is 23.5 Å². The Morgan fingerprint density at radius 3 is 2.55 bits per heavy atom. The normalized spacial score (nSPS) is 28.2. The van der Waals surface area contributed by atoms with Crippen LogP contribution < -0.4 is 14.8 Å². The van der Waals surface area contributed by atoms with Gasteiger partial charge in [0, 0.05) is 24.2 Å². The van der Waals surface area contributed by atoms with Gasteiger partial charge >= 0.3 is 6.01 Å². The fourth-order valence-corrected chi connectivity index (χ4v) is 3.27. The van der Waals surface area contributed by atoms with Crippen LogP contribution in [0.25, 0.3) is 0 Å². The molecular weight excluding hydrogens is 258 g/mol. The van der Waals surface area contributed by atoms with E-state index in [1.165, 1.54) is 33.3 Å². The van der Waals surface area contributed by atoms with Crippen LogP contribution in [0.2, 0.25) is 0 Å². The first-order valence-electron chi connectivity index (χ1n) is 6.96. The van der Waals surface area contributed by atoms with E-state index in [4.69, 9.17) is 9.47 Å². The maximum atomic E-state index is 12.7. The molecule has 6 heteroatoms. The Bertz CT molecular complexity index is 508. The van der Waals surface area contributed by atoms with Crippen molar-refractivity contribution in [1.29, 1.82) is 0 Å². The number of Topliss-reactive ketones (excluding diaryl/α,β-unsaturated/α-hetero) is 1. The van der Waals surface area contributed by atoms with E-state index >= 15 is 0 Å². The van der Waals surface area contributed by atoms with Gasteiger partial charge < -0.3 is 14.8 Å². The van der Waals surface area contributed by atoms with Crippen molar-refractivity contribution in [3.05, 3.63) is 11.8 Å². The van der Waals surface area contributed by atoms with Crippen LogP contribution in [0, 0.1) is 5.92 Å². The largest absolute Gasteiger partial charge is 0.480 e. The van der Waals surface area contributed by atoms with E-state index in [-0.39, 0.29) is 17.7 Å². The Balaban J connectivity index is 1.83. The average Bonchev–Trinajstić information content (AvgIpc) is 2.84. The molecule has 2 saturated heterocycles. The number of piperidine rings is 1. The zero-order valence-corrected chi connectivity index (χ0v) is 11.8. The Morgan fingerprint density at radius 1 is 1.25 bits per heavy atom. The van der Waals surface area contributed by atoms with Crippen molar-refractivity contribution in [1.82, 2.24) is 15.3 Å². The Kier molecular flexibility index (Phi) is 3.56. The maximum absolute atomic E-state index is 12.7. The molecule has 2 atom stereocenters. The van der Waals surface area contributed by atoms with E-state index in [0.717, 1.165) is 12.8 Å². The number of nitrogens with one attached hydrogen (secondary N) is 1. The van der Waals surface area contributed by atoms with Gasteiger partial charge in [-0.2, -0.15) is 4.98 Å². The molecule has 0 radical (unpaired) electrons. The lowest BCUT2D eigenvalue weighted by Gasteiger charge is -2.28. The third kappa shape index (κ3) is 2.35. The third-order valence-corrected chi connectivity index (χ3v) is 4.22. The topological polar surface area (TPSA) is 73.3 Å². The molecule has 0 amide bonds. The summed E-state index contributed by atoms with van der Waals surface area (Å²) in [5.41, 5.74) is 0.458. The molecule has 1 aromatic rings.